The molecule has 0 atom stereocenters. The van der Waals surface area contributed by atoms with Gasteiger partial charge in [-0.05, 0) is 61.0 Å². The minimum absolute atomic E-state index is 0.0477. The second kappa shape index (κ2) is 11.2. The molecule has 0 aromatic heterocycles. The van der Waals surface area contributed by atoms with Crippen molar-refractivity contribution >= 4 is 27.5 Å². The number of carbonyl (C=O) groups excluding carboxylic acids is 2. The molecule has 0 bridgehead atoms. The van der Waals surface area contributed by atoms with Gasteiger partial charge in [-0.25, -0.2) is 8.42 Å². The topological polar surface area (TPSA) is 123 Å². The van der Waals surface area contributed by atoms with Crippen LogP contribution in [-0.4, -0.2) is 33.9 Å². The Balaban J connectivity index is 1.65. The van der Waals surface area contributed by atoms with Gasteiger partial charge in [-0.1, -0.05) is 25.1 Å². The van der Waals surface area contributed by atoms with E-state index in [1.54, 1.807) is 48.5 Å². The maximum Gasteiger partial charge on any atom is 0.269 e. The molecule has 2 amide bonds. The van der Waals surface area contributed by atoms with Crippen LogP contribution in [0.2, 0.25) is 0 Å². The first kappa shape index (κ1) is 24.6. The number of anilines is 1. The van der Waals surface area contributed by atoms with Gasteiger partial charge in [-0.2, -0.15) is 0 Å². The van der Waals surface area contributed by atoms with E-state index in [2.05, 4.69) is 15.6 Å². The molecule has 0 aliphatic heterocycles. The molecule has 3 N–H and O–H groups in total. The monoisotopic (exact) mass is 483 g/mol. The minimum Gasteiger partial charge on any atom is -0.495 e. The lowest BCUT2D eigenvalue weighted by Crippen LogP contribution is -2.41. The van der Waals surface area contributed by atoms with Crippen LogP contribution in [-0.2, 0) is 10.0 Å². The van der Waals surface area contributed by atoms with E-state index in [1.165, 1.54) is 31.4 Å². The molecule has 0 spiro atoms. The maximum atomic E-state index is 12.8. The van der Waals surface area contributed by atoms with Crippen LogP contribution in [0, 0.1) is 0 Å². The molecule has 9 nitrogen and oxygen atoms in total. The molecule has 178 valence electrons. The molecule has 0 unspecified atom stereocenters. The maximum absolute atomic E-state index is 12.8. The number of hydrogen-bond acceptors (Lipinski definition) is 6. The fourth-order valence-corrected chi connectivity index (χ4v) is 4.03. The first-order valence-electron chi connectivity index (χ1n) is 10.4. The van der Waals surface area contributed by atoms with Gasteiger partial charge in [0.15, 0.2) is 0 Å². The van der Waals surface area contributed by atoms with Gasteiger partial charge >= 0.3 is 0 Å². The molecule has 0 radical (unpaired) electrons. The number of hydrogen-bond donors (Lipinski definition) is 3. The molecule has 3 aromatic rings. The predicted octanol–water partition coefficient (Wildman–Crippen LogP) is 3.36. The van der Waals surface area contributed by atoms with Crippen molar-refractivity contribution in [3.05, 3.63) is 83.9 Å². The summed E-state index contributed by atoms with van der Waals surface area (Å²) in [5.41, 5.74) is 5.23. The summed E-state index contributed by atoms with van der Waals surface area (Å²) in [5, 5.41) is 0. The number of amides is 2. The summed E-state index contributed by atoms with van der Waals surface area (Å²) in [4.78, 5) is 24.7. The molecule has 0 saturated carbocycles. The van der Waals surface area contributed by atoms with Crippen molar-refractivity contribution in [1.29, 1.82) is 0 Å². The lowest BCUT2D eigenvalue weighted by Gasteiger charge is -2.12. The lowest BCUT2D eigenvalue weighted by atomic mass is 10.2. The minimum atomic E-state index is -4.00. The molecule has 0 saturated heterocycles. The third-order valence-corrected chi connectivity index (χ3v) is 6.00. The highest BCUT2D eigenvalue weighted by Crippen LogP contribution is 2.26. The number of nitrogens with one attached hydrogen (secondary N) is 3. The Morgan fingerprint density at radius 1 is 0.853 bits per heavy atom. The van der Waals surface area contributed by atoms with E-state index in [9.17, 15) is 18.0 Å². The van der Waals surface area contributed by atoms with Crippen molar-refractivity contribution in [1.82, 2.24) is 10.9 Å². The van der Waals surface area contributed by atoms with Gasteiger partial charge in [0.05, 0.1) is 24.3 Å². The van der Waals surface area contributed by atoms with E-state index in [0.29, 0.717) is 23.7 Å². The van der Waals surface area contributed by atoms with Crippen molar-refractivity contribution in [2.24, 2.45) is 0 Å². The zero-order valence-corrected chi connectivity index (χ0v) is 19.5. The average Bonchev–Trinajstić information content (AvgIpc) is 2.86. The molecular weight excluding hydrogens is 458 g/mol. The van der Waals surface area contributed by atoms with Gasteiger partial charge < -0.3 is 9.47 Å². The fourth-order valence-electron chi connectivity index (χ4n) is 2.92. The summed E-state index contributed by atoms with van der Waals surface area (Å²) in [7, 11) is -2.56. The van der Waals surface area contributed by atoms with E-state index in [-0.39, 0.29) is 16.1 Å². The molecule has 10 heteroatoms. The average molecular weight is 484 g/mol. The van der Waals surface area contributed by atoms with Crippen LogP contribution in [0.5, 0.6) is 11.5 Å². The van der Waals surface area contributed by atoms with Crippen LogP contribution in [0.4, 0.5) is 5.69 Å². The van der Waals surface area contributed by atoms with Crippen LogP contribution in [0.15, 0.2) is 77.7 Å². The molecule has 3 aromatic carbocycles. The largest absolute Gasteiger partial charge is 0.495 e. The third-order valence-electron chi connectivity index (χ3n) is 4.64. The summed E-state index contributed by atoms with van der Waals surface area (Å²) in [5.74, 6) is -0.211. The Morgan fingerprint density at radius 2 is 1.53 bits per heavy atom. The smallest absolute Gasteiger partial charge is 0.269 e. The first-order chi connectivity index (χ1) is 16.3. The Kier molecular flexibility index (Phi) is 8.10. The molecule has 34 heavy (non-hydrogen) atoms. The Morgan fingerprint density at radius 3 is 2.21 bits per heavy atom. The molecule has 0 fully saturated rings. The second-order valence-electron chi connectivity index (χ2n) is 7.11. The summed E-state index contributed by atoms with van der Waals surface area (Å²) in [6.45, 7) is 2.57. The summed E-state index contributed by atoms with van der Waals surface area (Å²) < 4.78 is 38.7. The molecule has 0 aliphatic rings. The first-order valence-corrected chi connectivity index (χ1v) is 11.9. The highest BCUT2D eigenvalue weighted by atomic mass is 32.2. The number of benzene rings is 3. The molecule has 0 heterocycles. The second-order valence-corrected chi connectivity index (χ2v) is 8.80. The summed E-state index contributed by atoms with van der Waals surface area (Å²) in [6, 6.07) is 18.5. The zero-order valence-electron chi connectivity index (χ0n) is 18.7. The number of hydrazine groups is 1. The van der Waals surface area contributed by atoms with Gasteiger partial charge in [0.1, 0.15) is 11.5 Å². The van der Waals surface area contributed by atoms with E-state index in [1.807, 2.05) is 6.92 Å². The zero-order chi connectivity index (χ0) is 24.6. The van der Waals surface area contributed by atoms with Gasteiger partial charge in [0, 0.05) is 11.1 Å². The number of para-hydroxylation sites is 2. The summed E-state index contributed by atoms with van der Waals surface area (Å²) >= 11 is 0. The number of carbonyl (C=O) groups is 2. The van der Waals surface area contributed by atoms with E-state index >= 15 is 0 Å². The number of methoxy groups -OCH3 is 1. The van der Waals surface area contributed by atoms with Crippen molar-refractivity contribution in [3.63, 3.8) is 0 Å². The van der Waals surface area contributed by atoms with Crippen LogP contribution in [0.3, 0.4) is 0 Å². The number of ether oxygens (including phenoxy) is 2. The Bertz CT molecular complexity index is 1260. The van der Waals surface area contributed by atoms with Gasteiger partial charge in [-0.15, -0.1) is 0 Å². The number of rotatable bonds is 9. The quantitative estimate of drug-likeness (QED) is 0.401. The molecular formula is C24H25N3O6S. The lowest BCUT2D eigenvalue weighted by molar-refractivity contribution is 0.0846. The molecule has 0 aliphatic carbocycles. The van der Waals surface area contributed by atoms with Crippen LogP contribution in [0.25, 0.3) is 0 Å². The normalized spacial score (nSPS) is 10.8. The van der Waals surface area contributed by atoms with Crippen molar-refractivity contribution in [3.8, 4) is 11.5 Å². The van der Waals surface area contributed by atoms with Crippen molar-refractivity contribution < 1.29 is 27.5 Å². The SMILES string of the molecule is CCCOc1ccc(C(=O)NNC(=O)c2cccc(S(=O)(=O)Nc3ccccc3OC)c2)cc1. The van der Waals surface area contributed by atoms with Gasteiger partial charge in [0.2, 0.25) is 0 Å². The van der Waals surface area contributed by atoms with Gasteiger partial charge in [-0.3, -0.25) is 25.2 Å². The van der Waals surface area contributed by atoms with Gasteiger partial charge in [0.25, 0.3) is 21.8 Å². The van der Waals surface area contributed by atoms with E-state index in [0.717, 1.165) is 6.42 Å². The standard InChI is InChI=1S/C24H25N3O6S/c1-3-15-33-19-13-11-17(12-14-19)23(28)25-26-24(29)18-7-6-8-20(16-18)34(30,31)27-21-9-4-5-10-22(21)32-2/h4-14,16,27H,3,15H2,1-2H3,(H,25,28)(H,26,29). The fraction of sp³-hybridized carbons (Fsp3) is 0.167. The number of sulfonamides is 1. The van der Waals surface area contributed by atoms with Crippen molar-refractivity contribution in [2.45, 2.75) is 18.2 Å². The highest BCUT2D eigenvalue weighted by Gasteiger charge is 2.18. The van der Waals surface area contributed by atoms with E-state index < -0.39 is 21.8 Å². The van der Waals surface area contributed by atoms with Crippen LogP contribution < -0.4 is 25.0 Å². The van der Waals surface area contributed by atoms with Crippen LogP contribution >= 0.6 is 0 Å². The Labute approximate surface area is 198 Å². The molecule has 3 rings (SSSR count). The highest BCUT2D eigenvalue weighted by molar-refractivity contribution is 7.92. The summed E-state index contributed by atoms with van der Waals surface area (Å²) in [6.07, 6.45) is 0.868. The third kappa shape index (κ3) is 6.26. The van der Waals surface area contributed by atoms with Crippen LogP contribution in [0.1, 0.15) is 34.1 Å². The predicted molar refractivity (Wildman–Crippen MR) is 127 cm³/mol. The van der Waals surface area contributed by atoms with E-state index in [4.69, 9.17) is 9.47 Å². The van der Waals surface area contributed by atoms with Crippen molar-refractivity contribution in [2.75, 3.05) is 18.4 Å². The Hall–Kier alpha value is -4.05.